The number of rotatable bonds is 8. The normalized spacial score (nSPS) is 24.1. The van der Waals surface area contributed by atoms with Crippen molar-refractivity contribution in [1.82, 2.24) is 20.9 Å². The number of carbonyl (C=O) groups is 1. The predicted molar refractivity (Wildman–Crippen MR) is 119 cm³/mol. The number of hydrogen-bond acceptors (Lipinski definition) is 11. The number of nitrogens with zero attached hydrogens (tertiary/aromatic N) is 2. The number of carbonyl (C=O) groups excluding carboxylic acids is 1. The van der Waals surface area contributed by atoms with Crippen LogP contribution >= 0.6 is 0 Å². The van der Waals surface area contributed by atoms with Crippen LogP contribution in [-0.2, 0) is 27.5 Å². The molecule has 2 aliphatic heterocycles. The topological polar surface area (TPSA) is 231 Å². The first-order chi connectivity index (χ1) is 14.8. The molecule has 0 spiro atoms. The summed E-state index contributed by atoms with van der Waals surface area (Å²) < 4.78 is 28.7. The van der Waals surface area contributed by atoms with Gasteiger partial charge in [0.15, 0.2) is 5.84 Å². The lowest BCUT2D eigenvalue weighted by molar-refractivity contribution is -0.120. The number of amidine groups is 1. The zero-order valence-electron chi connectivity index (χ0n) is 16.8. The molecule has 2 heterocycles. The van der Waals surface area contributed by atoms with Gasteiger partial charge >= 0.3 is 0 Å². The van der Waals surface area contributed by atoms with Crippen LogP contribution in [0.5, 0.6) is 0 Å². The summed E-state index contributed by atoms with van der Waals surface area (Å²) in [4.78, 5) is 13.9. The molecule has 0 saturated carbocycles. The zero-order chi connectivity index (χ0) is 22.5. The van der Waals surface area contributed by atoms with Crippen molar-refractivity contribution in [3.05, 3.63) is 17.7 Å². The van der Waals surface area contributed by atoms with E-state index in [1.165, 1.54) is 0 Å². The number of hydrazone groups is 1. The van der Waals surface area contributed by atoms with E-state index < -0.39 is 34.7 Å². The molecule has 3 rings (SSSR count). The van der Waals surface area contributed by atoms with Crippen LogP contribution in [-0.4, -0.2) is 65.7 Å². The summed E-state index contributed by atoms with van der Waals surface area (Å²) in [6, 6.07) is 2.71. The zero-order valence-corrected chi connectivity index (χ0v) is 18.4. The Kier molecular flexibility index (Phi) is 8.20. The van der Waals surface area contributed by atoms with Gasteiger partial charge in [0.25, 0.3) is 0 Å². The molecule has 12 N–H and O–H groups in total. The first-order valence-electron chi connectivity index (χ1n) is 9.62. The van der Waals surface area contributed by atoms with Crippen molar-refractivity contribution < 1.29 is 13.9 Å². The molecule has 2 saturated heterocycles. The minimum atomic E-state index is -2.04. The molecule has 15 heteroatoms. The summed E-state index contributed by atoms with van der Waals surface area (Å²) in [5.41, 5.74) is 14.5. The number of primary amides is 1. The molecule has 1 amide bonds. The van der Waals surface area contributed by atoms with E-state index in [1.807, 2.05) is 4.90 Å². The largest absolute Gasteiger partial charge is 0.593 e. The number of amides is 1. The highest BCUT2D eigenvalue weighted by Gasteiger charge is 2.36. The highest BCUT2D eigenvalue weighted by Crippen LogP contribution is 2.33. The minimum absolute atomic E-state index is 0.00392. The number of nitrogens with two attached hydrogens (primary N) is 4. The van der Waals surface area contributed by atoms with Gasteiger partial charge in [0.05, 0.1) is 34.5 Å². The summed E-state index contributed by atoms with van der Waals surface area (Å²) in [7, 11) is 0. The maximum atomic E-state index is 13.1. The van der Waals surface area contributed by atoms with E-state index in [-0.39, 0.29) is 33.8 Å². The fourth-order valence-corrected chi connectivity index (χ4v) is 5.91. The number of anilines is 1. The van der Waals surface area contributed by atoms with Crippen molar-refractivity contribution in [3.63, 3.8) is 0 Å². The fourth-order valence-electron chi connectivity index (χ4n) is 3.66. The minimum Gasteiger partial charge on any atom is -0.593 e. The summed E-state index contributed by atoms with van der Waals surface area (Å²) in [5.74, 6) is 4.73. The van der Waals surface area contributed by atoms with Crippen LogP contribution in [0, 0.1) is 0 Å². The first-order valence-corrected chi connectivity index (χ1v) is 12.0. The SMILES string of the molecule is NN/N=C(\N)c1c(N2CCNC(C(N)=O)C2)ccc([S+]([O-])N[C@@H]2CCNC2)c1[S+](N)[O-]. The molecule has 0 aromatic heterocycles. The molecule has 0 aliphatic carbocycles. The maximum Gasteiger partial charge on any atom is 0.243 e. The Labute approximate surface area is 186 Å². The summed E-state index contributed by atoms with van der Waals surface area (Å²) in [6.45, 7) is 2.76. The monoisotopic (exact) mass is 472 g/mol. The van der Waals surface area contributed by atoms with Crippen LogP contribution in [0.1, 0.15) is 12.0 Å². The van der Waals surface area contributed by atoms with Crippen molar-refractivity contribution in [1.29, 1.82) is 0 Å². The van der Waals surface area contributed by atoms with E-state index in [0.29, 0.717) is 25.3 Å². The quantitative estimate of drug-likeness (QED) is 0.0597. The van der Waals surface area contributed by atoms with Gasteiger partial charge in [-0.05, 0) is 19.0 Å². The average Bonchev–Trinajstić information content (AvgIpc) is 3.25. The van der Waals surface area contributed by atoms with Gasteiger partial charge in [-0.15, -0.1) is 15.0 Å². The molecule has 4 atom stereocenters. The molecule has 2 fully saturated rings. The summed E-state index contributed by atoms with van der Waals surface area (Å²) in [5, 5.41) is 15.8. The molecule has 0 radical (unpaired) electrons. The van der Waals surface area contributed by atoms with Gasteiger partial charge in [-0.1, -0.05) is 0 Å². The molecule has 0 bridgehead atoms. The number of nitrogens with one attached hydrogen (secondary N) is 4. The third-order valence-corrected chi connectivity index (χ3v) is 7.38. The highest BCUT2D eigenvalue weighted by atomic mass is 32.2. The third kappa shape index (κ3) is 5.51. The fraction of sp³-hybridized carbons (Fsp3) is 0.500. The van der Waals surface area contributed by atoms with E-state index in [4.69, 9.17) is 22.4 Å². The van der Waals surface area contributed by atoms with Crippen molar-refractivity contribution >= 4 is 40.2 Å². The van der Waals surface area contributed by atoms with E-state index in [9.17, 15) is 13.9 Å². The van der Waals surface area contributed by atoms with Crippen molar-refractivity contribution in [3.8, 4) is 0 Å². The molecule has 1 aromatic rings. The van der Waals surface area contributed by atoms with E-state index in [1.54, 1.807) is 12.1 Å². The van der Waals surface area contributed by atoms with Crippen molar-refractivity contribution in [2.24, 2.45) is 27.6 Å². The molecular weight excluding hydrogens is 444 g/mol. The Bertz CT molecular complexity index is 821. The number of hydrogen-bond donors (Lipinski definition) is 8. The third-order valence-electron chi connectivity index (χ3n) is 5.14. The second kappa shape index (κ2) is 10.7. The van der Waals surface area contributed by atoms with Crippen LogP contribution in [0.4, 0.5) is 5.69 Å². The summed E-state index contributed by atoms with van der Waals surface area (Å²) in [6.07, 6.45) is 0.813. The summed E-state index contributed by atoms with van der Waals surface area (Å²) >= 11 is -3.74. The van der Waals surface area contributed by atoms with E-state index in [0.717, 1.165) is 13.0 Å². The highest BCUT2D eigenvalue weighted by molar-refractivity contribution is 7.92. The molecule has 172 valence electrons. The Hall–Kier alpha value is -1.82. The van der Waals surface area contributed by atoms with Gasteiger partial charge in [-0.3, -0.25) is 4.79 Å². The lowest BCUT2D eigenvalue weighted by Gasteiger charge is -2.35. The standard InChI is InChI=1S/C16H28N10O3S2/c17-15(23-25-19)13-11(26-6-5-22-10(8-26)16(18)27)1-2-12(14(13)30(20)28)31(29)24-9-3-4-21-7-9/h1-2,9-10,21-22,24-25H,3-8,19-20H2,(H2,17,23)(H2,18,27)/t9-,10?,30?,31?/m1/s1. The second-order valence-electron chi connectivity index (χ2n) is 7.14. The lowest BCUT2D eigenvalue weighted by atomic mass is 10.1. The molecule has 13 nitrogen and oxygen atoms in total. The van der Waals surface area contributed by atoms with Crippen molar-refractivity contribution in [2.45, 2.75) is 28.3 Å². The van der Waals surface area contributed by atoms with Gasteiger partial charge in [-0.2, -0.15) is 0 Å². The lowest BCUT2D eigenvalue weighted by Crippen LogP contribution is -2.56. The van der Waals surface area contributed by atoms with Crippen LogP contribution in [0.2, 0.25) is 0 Å². The Morgan fingerprint density at radius 1 is 1.29 bits per heavy atom. The van der Waals surface area contributed by atoms with Gasteiger partial charge in [0, 0.05) is 32.2 Å². The van der Waals surface area contributed by atoms with E-state index in [2.05, 4.69) is 26.0 Å². The molecule has 1 aromatic carbocycles. The second-order valence-corrected chi connectivity index (χ2v) is 9.36. The Balaban J connectivity index is 2.05. The number of hydrazine groups is 1. The predicted octanol–water partition coefficient (Wildman–Crippen LogP) is -4.01. The van der Waals surface area contributed by atoms with Crippen LogP contribution < -0.4 is 48.2 Å². The molecule has 31 heavy (non-hydrogen) atoms. The van der Waals surface area contributed by atoms with Crippen LogP contribution in [0.3, 0.4) is 0 Å². The Morgan fingerprint density at radius 3 is 2.68 bits per heavy atom. The molecular formula is C16H28N10O3S2. The first kappa shape index (κ1) is 23.8. The van der Waals surface area contributed by atoms with Gasteiger partial charge < -0.3 is 36.1 Å². The molecule has 3 unspecified atom stereocenters. The Morgan fingerprint density at radius 2 is 2.06 bits per heavy atom. The van der Waals surface area contributed by atoms with Gasteiger partial charge in [0.1, 0.15) is 11.6 Å². The van der Waals surface area contributed by atoms with Crippen molar-refractivity contribution in [2.75, 3.05) is 37.6 Å². The maximum absolute atomic E-state index is 13.1. The van der Waals surface area contributed by atoms with Crippen LogP contribution in [0.15, 0.2) is 27.0 Å². The van der Waals surface area contributed by atoms with E-state index >= 15 is 0 Å². The molecule has 2 aliphatic rings. The number of piperazine rings is 1. The average molecular weight is 473 g/mol. The van der Waals surface area contributed by atoms with Gasteiger partial charge in [0.2, 0.25) is 15.7 Å². The smallest absolute Gasteiger partial charge is 0.243 e. The van der Waals surface area contributed by atoms with Gasteiger partial charge in [-0.25, -0.2) is 11.4 Å². The number of benzene rings is 1. The van der Waals surface area contributed by atoms with Crippen LogP contribution in [0.25, 0.3) is 0 Å².